The largest absolute Gasteiger partial charge is 0.350 e. The first-order chi connectivity index (χ1) is 9.38. The first-order valence-electron chi connectivity index (χ1n) is 6.82. The Morgan fingerprint density at radius 1 is 1.00 bits per heavy atom. The van der Waals surface area contributed by atoms with E-state index in [2.05, 4.69) is 16.0 Å². The van der Waals surface area contributed by atoms with Crippen LogP contribution in [-0.4, -0.2) is 30.4 Å². The molecule has 0 spiro atoms. The highest BCUT2D eigenvalue weighted by Gasteiger charge is 2.07. The molecule has 0 aliphatic rings. The van der Waals surface area contributed by atoms with E-state index < -0.39 is 0 Å². The van der Waals surface area contributed by atoms with E-state index in [0.717, 1.165) is 0 Å². The molecular formula is C15H23N3O2. The Labute approximate surface area is 120 Å². The van der Waals surface area contributed by atoms with Gasteiger partial charge in [-0.1, -0.05) is 13.8 Å². The van der Waals surface area contributed by atoms with E-state index in [4.69, 9.17) is 0 Å². The molecule has 0 radical (unpaired) electrons. The first kappa shape index (κ1) is 16.2. The van der Waals surface area contributed by atoms with Crippen LogP contribution < -0.4 is 16.0 Å². The van der Waals surface area contributed by atoms with E-state index in [-0.39, 0.29) is 30.4 Å². The van der Waals surface area contributed by atoms with Crippen LogP contribution in [0.4, 0.5) is 5.69 Å². The molecule has 0 saturated carbocycles. The lowest BCUT2D eigenvalue weighted by Crippen LogP contribution is -2.32. The van der Waals surface area contributed by atoms with Gasteiger partial charge in [0.05, 0.1) is 6.54 Å². The Hall–Kier alpha value is -1.88. The minimum absolute atomic E-state index is 0.0990. The number of hydrogen-bond donors (Lipinski definition) is 3. The van der Waals surface area contributed by atoms with E-state index in [1.54, 1.807) is 24.3 Å². The van der Waals surface area contributed by atoms with E-state index >= 15 is 0 Å². The summed E-state index contributed by atoms with van der Waals surface area (Å²) in [6.45, 7) is 8.06. The average molecular weight is 277 g/mol. The van der Waals surface area contributed by atoms with Gasteiger partial charge in [0, 0.05) is 23.3 Å². The number of hydrogen-bond acceptors (Lipinski definition) is 3. The van der Waals surface area contributed by atoms with Crippen molar-refractivity contribution in [1.82, 2.24) is 10.6 Å². The van der Waals surface area contributed by atoms with E-state index in [1.807, 2.05) is 27.7 Å². The van der Waals surface area contributed by atoms with Crippen LogP contribution in [0.2, 0.25) is 0 Å². The number of anilines is 1. The topological polar surface area (TPSA) is 70.2 Å². The molecule has 2 amide bonds. The van der Waals surface area contributed by atoms with Gasteiger partial charge in [-0.15, -0.1) is 0 Å². The number of amides is 2. The van der Waals surface area contributed by atoms with Gasteiger partial charge >= 0.3 is 0 Å². The van der Waals surface area contributed by atoms with Gasteiger partial charge in [0.1, 0.15) is 0 Å². The summed E-state index contributed by atoms with van der Waals surface area (Å²) in [5.74, 6) is -0.211. The molecule has 0 aliphatic heterocycles. The molecule has 110 valence electrons. The van der Waals surface area contributed by atoms with Crippen molar-refractivity contribution >= 4 is 17.5 Å². The molecule has 0 unspecified atom stereocenters. The minimum Gasteiger partial charge on any atom is -0.350 e. The highest BCUT2D eigenvalue weighted by molar-refractivity contribution is 5.96. The number of carbonyl (C=O) groups is 2. The highest BCUT2D eigenvalue weighted by Crippen LogP contribution is 2.09. The molecule has 1 rings (SSSR count). The minimum atomic E-state index is -0.112. The maximum absolute atomic E-state index is 11.8. The van der Waals surface area contributed by atoms with Crippen molar-refractivity contribution in [3.63, 3.8) is 0 Å². The predicted octanol–water partition coefficient (Wildman–Crippen LogP) is 1.76. The molecule has 0 bridgehead atoms. The van der Waals surface area contributed by atoms with Crippen LogP contribution in [0.3, 0.4) is 0 Å². The van der Waals surface area contributed by atoms with Crippen molar-refractivity contribution in [1.29, 1.82) is 0 Å². The Kier molecular flexibility index (Phi) is 6.18. The molecular weight excluding hydrogens is 254 g/mol. The van der Waals surface area contributed by atoms with Gasteiger partial charge in [-0.2, -0.15) is 0 Å². The lowest BCUT2D eigenvalue weighted by molar-refractivity contribution is -0.115. The summed E-state index contributed by atoms with van der Waals surface area (Å²) in [5.41, 5.74) is 1.26. The molecule has 0 aromatic heterocycles. The Bertz CT molecular complexity index is 453. The Morgan fingerprint density at radius 2 is 1.60 bits per heavy atom. The summed E-state index contributed by atoms with van der Waals surface area (Å²) in [4.78, 5) is 23.4. The Morgan fingerprint density at radius 3 is 2.10 bits per heavy atom. The normalized spacial score (nSPS) is 10.7. The maximum atomic E-state index is 11.8. The fourth-order valence-corrected chi connectivity index (χ4v) is 1.55. The highest BCUT2D eigenvalue weighted by atomic mass is 16.2. The molecule has 5 heteroatoms. The zero-order valence-corrected chi connectivity index (χ0v) is 12.5. The van der Waals surface area contributed by atoms with Crippen LogP contribution in [0.5, 0.6) is 0 Å². The van der Waals surface area contributed by atoms with Gasteiger partial charge in [0.2, 0.25) is 5.91 Å². The first-order valence-corrected chi connectivity index (χ1v) is 6.82. The van der Waals surface area contributed by atoms with E-state index in [0.29, 0.717) is 11.3 Å². The third-order valence-electron chi connectivity index (χ3n) is 2.52. The molecule has 0 heterocycles. The summed E-state index contributed by atoms with van der Waals surface area (Å²) in [5, 5.41) is 8.63. The van der Waals surface area contributed by atoms with E-state index in [9.17, 15) is 9.59 Å². The number of carbonyl (C=O) groups excluding carboxylic acids is 2. The second-order valence-electron chi connectivity index (χ2n) is 5.29. The summed E-state index contributed by atoms with van der Waals surface area (Å²) in [6.07, 6.45) is 0. The predicted molar refractivity (Wildman–Crippen MR) is 80.8 cm³/mol. The van der Waals surface area contributed by atoms with Crippen molar-refractivity contribution < 1.29 is 9.59 Å². The van der Waals surface area contributed by atoms with Crippen molar-refractivity contribution in [2.24, 2.45) is 0 Å². The lowest BCUT2D eigenvalue weighted by Gasteiger charge is -2.10. The monoisotopic (exact) mass is 277 g/mol. The fourth-order valence-electron chi connectivity index (χ4n) is 1.55. The standard InChI is InChI=1S/C15H23N3O2/c1-10(2)16-9-14(19)18-13-7-5-12(6-8-13)15(20)17-11(3)4/h5-8,10-11,16H,9H2,1-4H3,(H,17,20)(H,18,19). The molecule has 20 heavy (non-hydrogen) atoms. The molecule has 0 fully saturated rings. The maximum Gasteiger partial charge on any atom is 0.251 e. The molecule has 1 aromatic rings. The number of rotatable bonds is 6. The van der Waals surface area contributed by atoms with Gasteiger partial charge in [-0.05, 0) is 38.1 Å². The van der Waals surface area contributed by atoms with Gasteiger partial charge in [-0.25, -0.2) is 0 Å². The smallest absolute Gasteiger partial charge is 0.251 e. The van der Waals surface area contributed by atoms with Crippen LogP contribution >= 0.6 is 0 Å². The summed E-state index contributed by atoms with van der Waals surface area (Å²) < 4.78 is 0. The molecule has 1 aromatic carbocycles. The molecule has 0 aliphatic carbocycles. The SMILES string of the molecule is CC(C)NCC(=O)Nc1ccc(C(=O)NC(C)C)cc1. The lowest BCUT2D eigenvalue weighted by atomic mass is 10.2. The molecule has 5 nitrogen and oxygen atoms in total. The number of benzene rings is 1. The third kappa shape index (κ3) is 5.84. The van der Waals surface area contributed by atoms with E-state index in [1.165, 1.54) is 0 Å². The summed E-state index contributed by atoms with van der Waals surface area (Å²) >= 11 is 0. The Balaban J connectivity index is 2.54. The van der Waals surface area contributed by atoms with Gasteiger partial charge in [0.15, 0.2) is 0 Å². The van der Waals surface area contributed by atoms with Crippen molar-refractivity contribution in [2.75, 3.05) is 11.9 Å². The number of nitrogens with one attached hydrogen (secondary N) is 3. The van der Waals surface area contributed by atoms with Crippen LogP contribution in [0.15, 0.2) is 24.3 Å². The van der Waals surface area contributed by atoms with Crippen LogP contribution in [0, 0.1) is 0 Å². The fraction of sp³-hybridized carbons (Fsp3) is 0.467. The van der Waals surface area contributed by atoms with Gasteiger partial charge in [-0.3, -0.25) is 9.59 Å². The average Bonchev–Trinajstić information content (AvgIpc) is 2.36. The van der Waals surface area contributed by atoms with Gasteiger partial charge in [0.25, 0.3) is 5.91 Å². The van der Waals surface area contributed by atoms with Crippen molar-refractivity contribution in [3.05, 3.63) is 29.8 Å². The van der Waals surface area contributed by atoms with Crippen LogP contribution in [-0.2, 0) is 4.79 Å². The van der Waals surface area contributed by atoms with Gasteiger partial charge < -0.3 is 16.0 Å². The van der Waals surface area contributed by atoms with Crippen LogP contribution in [0.25, 0.3) is 0 Å². The quantitative estimate of drug-likeness (QED) is 0.742. The second-order valence-corrected chi connectivity index (χ2v) is 5.29. The van der Waals surface area contributed by atoms with Crippen LogP contribution in [0.1, 0.15) is 38.1 Å². The molecule has 0 atom stereocenters. The van der Waals surface area contributed by atoms with Crippen molar-refractivity contribution in [3.8, 4) is 0 Å². The zero-order chi connectivity index (χ0) is 15.1. The van der Waals surface area contributed by atoms with Crippen molar-refractivity contribution in [2.45, 2.75) is 39.8 Å². The zero-order valence-electron chi connectivity index (χ0n) is 12.5. The molecule has 0 saturated heterocycles. The summed E-state index contributed by atoms with van der Waals surface area (Å²) in [7, 11) is 0. The molecule has 3 N–H and O–H groups in total. The third-order valence-corrected chi connectivity index (χ3v) is 2.52. The summed E-state index contributed by atoms with van der Waals surface area (Å²) in [6, 6.07) is 7.21. The second kappa shape index (κ2) is 7.65.